The molecule has 2 aliphatic rings. The van der Waals surface area contributed by atoms with Gasteiger partial charge in [0.1, 0.15) is 0 Å². The molecule has 0 aliphatic heterocycles. The van der Waals surface area contributed by atoms with Crippen LogP contribution in [0.25, 0.3) is 0 Å². The zero-order valence-corrected chi connectivity index (χ0v) is 11.0. The molecule has 2 aliphatic carbocycles. The number of aromatic nitrogens is 2. The lowest BCUT2D eigenvalue weighted by Crippen LogP contribution is -2.58. The van der Waals surface area contributed by atoms with Crippen LogP contribution in [-0.2, 0) is 10.2 Å². The lowest BCUT2D eigenvalue weighted by atomic mass is 9.47. The molecule has 0 saturated heterocycles. The molecular formula is C14H20N4O. The van der Waals surface area contributed by atoms with Crippen LogP contribution < -0.4 is 11.5 Å². The predicted octanol–water partition coefficient (Wildman–Crippen LogP) is 0.881. The van der Waals surface area contributed by atoms with Gasteiger partial charge in [0.25, 0.3) is 0 Å². The minimum absolute atomic E-state index is 0.252. The van der Waals surface area contributed by atoms with Gasteiger partial charge in [-0.25, -0.2) is 0 Å². The number of carbonyl (C=O) groups excluding carboxylic acids is 1. The Kier molecular flexibility index (Phi) is 2.82. The van der Waals surface area contributed by atoms with Gasteiger partial charge in [-0.2, -0.15) is 0 Å². The molecule has 102 valence electrons. The minimum Gasteiger partial charge on any atom is -0.369 e. The first-order chi connectivity index (χ1) is 9.06. The van der Waals surface area contributed by atoms with Crippen LogP contribution in [0, 0.1) is 5.41 Å². The normalized spacial score (nSPS) is 37.8. The van der Waals surface area contributed by atoms with Crippen LogP contribution in [0.4, 0.5) is 0 Å². The average molecular weight is 260 g/mol. The third-order valence-electron chi connectivity index (χ3n) is 4.97. The first kappa shape index (κ1) is 12.5. The number of hydrogen-bond donors (Lipinski definition) is 2. The second-order valence-electron chi connectivity index (χ2n) is 6.23. The maximum Gasteiger partial charge on any atom is 0.229 e. The van der Waals surface area contributed by atoms with Crippen molar-refractivity contribution in [2.75, 3.05) is 0 Å². The van der Waals surface area contributed by atoms with E-state index in [2.05, 4.69) is 9.97 Å². The summed E-state index contributed by atoms with van der Waals surface area (Å²) in [6.45, 7) is 0. The molecular weight excluding hydrogens is 240 g/mol. The fourth-order valence-corrected chi connectivity index (χ4v) is 3.86. The van der Waals surface area contributed by atoms with Crippen molar-refractivity contribution in [3.05, 3.63) is 24.3 Å². The van der Waals surface area contributed by atoms with Gasteiger partial charge in [-0.1, -0.05) is 0 Å². The fourth-order valence-electron chi connectivity index (χ4n) is 3.86. The van der Waals surface area contributed by atoms with E-state index in [4.69, 9.17) is 11.5 Å². The van der Waals surface area contributed by atoms with E-state index in [1.807, 2.05) is 0 Å². The van der Waals surface area contributed by atoms with Crippen LogP contribution >= 0.6 is 0 Å². The zero-order valence-electron chi connectivity index (χ0n) is 11.0. The van der Waals surface area contributed by atoms with E-state index in [1.54, 1.807) is 18.6 Å². The molecule has 1 spiro atoms. The minimum atomic E-state index is -0.601. The fraction of sp³-hybridized carbons (Fsp3) is 0.643. The van der Waals surface area contributed by atoms with E-state index < -0.39 is 5.41 Å². The number of nitrogens with zero attached hydrogens (tertiary/aromatic N) is 2. The Morgan fingerprint density at radius 3 is 2.47 bits per heavy atom. The Morgan fingerprint density at radius 2 is 1.95 bits per heavy atom. The molecule has 1 aromatic rings. The number of amides is 1. The summed E-state index contributed by atoms with van der Waals surface area (Å²) in [7, 11) is 0. The van der Waals surface area contributed by atoms with Gasteiger partial charge < -0.3 is 11.5 Å². The smallest absolute Gasteiger partial charge is 0.229 e. The molecule has 1 aromatic heterocycles. The van der Waals surface area contributed by atoms with Crippen LogP contribution in [0.3, 0.4) is 0 Å². The van der Waals surface area contributed by atoms with E-state index in [0.29, 0.717) is 6.04 Å². The van der Waals surface area contributed by atoms with Crippen molar-refractivity contribution >= 4 is 5.91 Å². The van der Waals surface area contributed by atoms with Crippen molar-refractivity contribution in [1.82, 2.24) is 9.97 Å². The highest BCUT2D eigenvalue weighted by molar-refractivity contribution is 5.87. The molecule has 2 fully saturated rings. The highest BCUT2D eigenvalue weighted by Gasteiger charge is 2.59. The Hall–Kier alpha value is -1.49. The summed E-state index contributed by atoms with van der Waals surface area (Å²) in [4.78, 5) is 20.3. The maximum absolute atomic E-state index is 11.9. The lowest BCUT2D eigenvalue weighted by molar-refractivity contribution is -0.135. The summed E-state index contributed by atoms with van der Waals surface area (Å²) >= 11 is 0. The number of carbonyl (C=O) groups is 1. The molecule has 0 bridgehead atoms. The quantitative estimate of drug-likeness (QED) is 0.825. The molecule has 5 heteroatoms. The molecule has 1 amide bonds. The predicted molar refractivity (Wildman–Crippen MR) is 71.0 cm³/mol. The molecule has 4 N–H and O–H groups in total. The van der Waals surface area contributed by atoms with Gasteiger partial charge in [-0.15, -0.1) is 0 Å². The second-order valence-corrected chi connectivity index (χ2v) is 6.23. The summed E-state index contributed by atoms with van der Waals surface area (Å²) in [6.07, 6.45) is 10.8. The van der Waals surface area contributed by atoms with E-state index in [-0.39, 0.29) is 11.3 Å². The Bertz CT molecular complexity index is 471. The molecule has 0 aromatic carbocycles. The Morgan fingerprint density at radius 1 is 1.26 bits per heavy atom. The van der Waals surface area contributed by atoms with Crippen molar-refractivity contribution in [3.63, 3.8) is 0 Å². The monoisotopic (exact) mass is 260 g/mol. The largest absolute Gasteiger partial charge is 0.369 e. The summed E-state index contributed by atoms with van der Waals surface area (Å²) in [6, 6.07) is 0.325. The third-order valence-corrected chi connectivity index (χ3v) is 4.97. The second kappa shape index (κ2) is 4.27. The van der Waals surface area contributed by atoms with Crippen LogP contribution in [0.1, 0.15) is 44.2 Å². The number of hydrogen-bond acceptors (Lipinski definition) is 4. The van der Waals surface area contributed by atoms with Crippen LogP contribution in [-0.4, -0.2) is 21.9 Å². The van der Waals surface area contributed by atoms with Crippen molar-refractivity contribution in [2.45, 2.75) is 50.0 Å². The van der Waals surface area contributed by atoms with Gasteiger partial charge in [0.05, 0.1) is 11.1 Å². The topological polar surface area (TPSA) is 94.9 Å². The van der Waals surface area contributed by atoms with Crippen molar-refractivity contribution in [1.29, 1.82) is 0 Å². The summed E-state index contributed by atoms with van der Waals surface area (Å²) in [5.74, 6) is -0.270. The third kappa shape index (κ3) is 1.92. The number of rotatable bonds is 2. The Labute approximate surface area is 112 Å². The SMILES string of the molecule is NC(=O)C1(c2cnccn2)CC2(CCC(N)CC2)C1. The Balaban J connectivity index is 1.82. The molecule has 0 radical (unpaired) electrons. The summed E-state index contributed by atoms with van der Waals surface area (Å²) in [5.41, 5.74) is 12.0. The van der Waals surface area contributed by atoms with E-state index in [0.717, 1.165) is 44.2 Å². The highest BCUT2D eigenvalue weighted by atomic mass is 16.1. The molecule has 3 rings (SSSR count). The first-order valence-corrected chi connectivity index (χ1v) is 6.88. The van der Waals surface area contributed by atoms with Gasteiger partial charge in [-0.05, 0) is 43.9 Å². The maximum atomic E-state index is 11.9. The molecule has 0 atom stereocenters. The van der Waals surface area contributed by atoms with Crippen molar-refractivity contribution in [2.24, 2.45) is 16.9 Å². The average Bonchev–Trinajstić information content (AvgIpc) is 2.38. The molecule has 2 saturated carbocycles. The van der Waals surface area contributed by atoms with E-state index in [9.17, 15) is 4.79 Å². The van der Waals surface area contributed by atoms with E-state index in [1.165, 1.54) is 0 Å². The van der Waals surface area contributed by atoms with Crippen LogP contribution in [0.15, 0.2) is 18.6 Å². The van der Waals surface area contributed by atoms with Crippen molar-refractivity contribution in [3.8, 4) is 0 Å². The van der Waals surface area contributed by atoms with Gasteiger partial charge >= 0.3 is 0 Å². The van der Waals surface area contributed by atoms with Crippen molar-refractivity contribution < 1.29 is 4.79 Å². The van der Waals surface area contributed by atoms with Gasteiger partial charge in [0.15, 0.2) is 0 Å². The first-order valence-electron chi connectivity index (χ1n) is 6.88. The van der Waals surface area contributed by atoms with Gasteiger partial charge in [0.2, 0.25) is 5.91 Å². The lowest BCUT2D eigenvalue weighted by Gasteiger charge is -2.56. The zero-order chi connectivity index (χ0) is 13.5. The number of nitrogens with two attached hydrogens (primary N) is 2. The summed E-state index contributed by atoms with van der Waals surface area (Å²) in [5, 5.41) is 0. The van der Waals surface area contributed by atoms with Gasteiger partial charge in [0, 0.05) is 24.6 Å². The molecule has 0 unspecified atom stereocenters. The molecule has 19 heavy (non-hydrogen) atoms. The van der Waals surface area contributed by atoms with E-state index >= 15 is 0 Å². The standard InChI is InChI=1S/C14H20N4O/c15-10-1-3-13(4-2-10)8-14(9-13,12(16)19)11-7-17-5-6-18-11/h5-7,10H,1-4,8-9,15H2,(H2,16,19). The number of primary amides is 1. The van der Waals surface area contributed by atoms with Crippen LogP contribution in [0.5, 0.6) is 0 Å². The van der Waals surface area contributed by atoms with Crippen LogP contribution in [0.2, 0.25) is 0 Å². The molecule has 1 heterocycles. The molecule has 5 nitrogen and oxygen atoms in total. The highest BCUT2D eigenvalue weighted by Crippen LogP contribution is 2.61. The summed E-state index contributed by atoms with van der Waals surface area (Å²) < 4.78 is 0. The van der Waals surface area contributed by atoms with Gasteiger partial charge in [-0.3, -0.25) is 14.8 Å².